The first kappa shape index (κ1) is 12.6. The Labute approximate surface area is 110 Å². The van der Waals surface area contributed by atoms with E-state index in [9.17, 15) is 0 Å². The Kier molecular flexibility index (Phi) is 3.38. The van der Waals surface area contributed by atoms with E-state index in [1.165, 1.54) is 6.20 Å². The van der Waals surface area contributed by atoms with Gasteiger partial charge in [-0.1, -0.05) is 11.6 Å². The van der Waals surface area contributed by atoms with E-state index in [1.54, 1.807) is 11.7 Å². The van der Waals surface area contributed by atoms with E-state index in [0.717, 1.165) is 11.4 Å². The van der Waals surface area contributed by atoms with Gasteiger partial charge >= 0.3 is 0 Å². The van der Waals surface area contributed by atoms with E-state index < -0.39 is 0 Å². The van der Waals surface area contributed by atoms with Crippen LogP contribution >= 0.6 is 11.6 Å². The van der Waals surface area contributed by atoms with E-state index in [1.807, 2.05) is 20.9 Å². The summed E-state index contributed by atoms with van der Waals surface area (Å²) in [4.78, 5) is 8.16. The van der Waals surface area contributed by atoms with Crippen LogP contribution in [0.3, 0.4) is 0 Å². The molecule has 1 N–H and O–H groups in total. The van der Waals surface area contributed by atoms with Crippen LogP contribution in [0.15, 0.2) is 6.20 Å². The van der Waals surface area contributed by atoms with Gasteiger partial charge < -0.3 is 10.1 Å². The van der Waals surface area contributed by atoms with Gasteiger partial charge in [0.05, 0.1) is 11.9 Å². The van der Waals surface area contributed by atoms with Crippen molar-refractivity contribution in [2.45, 2.75) is 13.8 Å². The van der Waals surface area contributed by atoms with Gasteiger partial charge in [0.1, 0.15) is 10.7 Å². The molecule has 0 amide bonds. The number of rotatable bonds is 3. The summed E-state index contributed by atoms with van der Waals surface area (Å²) in [5.74, 6) is 1.43. The SMILES string of the molecule is CNc1ncc(Cl)c(Oc2c(C)nn(C)c2C)n1. The molecule has 2 rings (SSSR count). The number of nitrogens with zero attached hydrogens (tertiary/aromatic N) is 4. The van der Waals surface area contributed by atoms with Gasteiger partial charge in [-0.2, -0.15) is 10.1 Å². The molecule has 0 aliphatic carbocycles. The summed E-state index contributed by atoms with van der Waals surface area (Å²) in [6, 6.07) is 0. The predicted octanol–water partition coefficient (Wildman–Crippen LogP) is 2.31. The highest BCUT2D eigenvalue weighted by Gasteiger charge is 2.15. The zero-order chi connectivity index (χ0) is 13.3. The maximum Gasteiger partial charge on any atom is 0.243 e. The molecule has 2 aromatic heterocycles. The van der Waals surface area contributed by atoms with Crippen molar-refractivity contribution < 1.29 is 4.74 Å². The van der Waals surface area contributed by atoms with Crippen molar-refractivity contribution >= 4 is 17.5 Å². The van der Waals surface area contributed by atoms with Crippen LogP contribution in [-0.4, -0.2) is 26.8 Å². The number of aryl methyl sites for hydroxylation is 2. The first-order valence-corrected chi connectivity index (χ1v) is 5.79. The molecule has 0 bridgehead atoms. The molecule has 2 aromatic rings. The van der Waals surface area contributed by atoms with Gasteiger partial charge in [-0.25, -0.2) is 4.98 Å². The Balaban J connectivity index is 2.39. The van der Waals surface area contributed by atoms with Crippen LogP contribution in [0.1, 0.15) is 11.4 Å². The van der Waals surface area contributed by atoms with Crippen molar-refractivity contribution in [3.63, 3.8) is 0 Å². The summed E-state index contributed by atoms with van der Waals surface area (Å²) in [5, 5.41) is 7.46. The van der Waals surface area contributed by atoms with Crippen LogP contribution in [0.4, 0.5) is 5.95 Å². The predicted molar refractivity (Wildman–Crippen MR) is 69.3 cm³/mol. The lowest BCUT2D eigenvalue weighted by molar-refractivity contribution is 0.455. The first-order chi connectivity index (χ1) is 8.52. The molecular formula is C11H14ClN5O. The molecule has 0 unspecified atom stereocenters. The number of halogens is 1. The molecule has 6 nitrogen and oxygen atoms in total. The fraction of sp³-hybridized carbons (Fsp3) is 0.364. The Morgan fingerprint density at radius 3 is 2.67 bits per heavy atom. The topological polar surface area (TPSA) is 64.9 Å². The highest BCUT2D eigenvalue weighted by Crippen LogP contribution is 2.31. The fourth-order valence-electron chi connectivity index (χ4n) is 1.54. The molecule has 2 heterocycles. The molecule has 0 atom stereocenters. The highest BCUT2D eigenvalue weighted by molar-refractivity contribution is 6.31. The van der Waals surface area contributed by atoms with Gasteiger partial charge in [0.25, 0.3) is 0 Å². The van der Waals surface area contributed by atoms with Crippen LogP contribution in [0, 0.1) is 13.8 Å². The van der Waals surface area contributed by atoms with Gasteiger partial charge in [0.2, 0.25) is 11.8 Å². The number of anilines is 1. The van der Waals surface area contributed by atoms with Crippen LogP contribution in [-0.2, 0) is 7.05 Å². The minimum atomic E-state index is 0.315. The number of ether oxygens (including phenoxy) is 1. The minimum Gasteiger partial charge on any atom is -0.433 e. The molecule has 0 saturated heterocycles. The summed E-state index contributed by atoms with van der Waals surface area (Å²) in [6.45, 7) is 3.79. The third-order valence-corrected chi connectivity index (χ3v) is 2.84. The Hall–Kier alpha value is -1.82. The van der Waals surface area contributed by atoms with Gasteiger partial charge in [0.15, 0.2) is 5.75 Å². The smallest absolute Gasteiger partial charge is 0.243 e. The van der Waals surface area contributed by atoms with Crippen molar-refractivity contribution in [2.24, 2.45) is 7.05 Å². The second-order valence-corrected chi connectivity index (χ2v) is 4.23. The van der Waals surface area contributed by atoms with E-state index in [0.29, 0.717) is 22.6 Å². The van der Waals surface area contributed by atoms with E-state index >= 15 is 0 Å². The average Bonchev–Trinajstić information content (AvgIpc) is 2.58. The zero-order valence-electron chi connectivity index (χ0n) is 10.7. The third-order valence-electron chi connectivity index (χ3n) is 2.58. The van der Waals surface area contributed by atoms with Crippen molar-refractivity contribution in [1.29, 1.82) is 0 Å². The van der Waals surface area contributed by atoms with Crippen molar-refractivity contribution in [3.8, 4) is 11.6 Å². The summed E-state index contributed by atoms with van der Waals surface area (Å²) in [6.07, 6.45) is 1.50. The van der Waals surface area contributed by atoms with Gasteiger partial charge in [-0.15, -0.1) is 0 Å². The number of aromatic nitrogens is 4. The standard InChI is InChI=1S/C11H14ClN5O/c1-6-9(7(2)17(4)16-6)18-10-8(12)5-14-11(13-3)15-10/h5H,1-4H3,(H,13,14,15). The lowest BCUT2D eigenvalue weighted by atomic mass is 10.3. The molecule has 0 saturated carbocycles. The molecule has 0 radical (unpaired) electrons. The molecule has 0 aliphatic rings. The van der Waals surface area contributed by atoms with E-state index in [2.05, 4.69) is 20.4 Å². The normalized spacial score (nSPS) is 10.5. The lowest BCUT2D eigenvalue weighted by Gasteiger charge is -2.07. The summed E-state index contributed by atoms with van der Waals surface area (Å²) in [5.41, 5.74) is 1.70. The zero-order valence-corrected chi connectivity index (χ0v) is 11.4. The van der Waals surface area contributed by atoms with Crippen molar-refractivity contribution in [3.05, 3.63) is 22.6 Å². The second kappa shape index (κ2) is 4.81. The monoisotopic (exact) mass is 267 g/mol. The highest BCUT2D eigenvalue weighted by atomic mass is 35.5. The lowest BCUT2D eigenvalue weighted by Crippen LogP contribution is -1.99. The molecule has 7 heteroatoms. The number of hydrogen-bond donors (Lipinski definition) is 1. The van der Waals surface area contributed by atoms with Crippen LogP contribution in [0.25, 0.3) is 0 Å². The molecular weight excluding hydrogens is 254 g/mol. The molecule has 96 valence electrons. The molecule has 0 spiro atoms. The Morgan fingerprint density at radius 2 is 2.11 bits per heavy atom. The Bertz CT molecular complexity index is 581. The maximum absolute atomic E-state index is 6.01. The largest absolute Gasteiger partial charge is 0.433 e. The summed E-state index contributed by atoms with van der Waals surface area (Å²) in [7, 11) is 3.59. The number of hydrogen-bond acceptors (Lipinski definition) is 5. The second-order valence-electron chi connectivity index (χ2n) is 3.82. The third kappa shape index (κ3) is 2.24. The molecule has 0 aliphatic heterocycles. The Morgan fingerprint density at radius 1 is 1.39 bits per heavy atom. The van der Waals surface area contributed by atoms with Crippen molar-refractivity contribution in [2.75, 3.05) is 12.4 Å². The van der Waals surface area contributed by atoms with Gasteiger partial charge in [-0.05, 0) is 13.8 Å². The summed E-state index contributed by atoms with van der Waals surface area (Å²) >= 11 is 6.01. The fourth-order valence-corrected chi connectivity index (χ4v) is 1.67. The first-order valence-electron chi connectivity index (χ1n) is 5.41. The molecule has 18 heavy (non-hydrogen) atoms. The van der Waals surface area contributed by atoms with Crippen LogP contribution in [0.2, 0.25) is 5.02 Å². The van der Waals surface area contributed by atoms with Crippen LogP contribution in [0.5, 0.6) is 11.6 Å². The number of nitrogens with one attached hydrogen (secondary N) is 1. The van der Waals surface area contributed by atoms with Crippen LogP contribution < -0.4 is 10.1 Å². The molecule has 0 fully saturated rings. The maximum atomic E-state index is 6.01. The minimum absolute atomic E-state index is 0.315. The summed E-state index contributed by atoms with van der Waals surface area (Å²) < 4.78 is 7.48. The van der Waals surface area contributed by atoms with E-state index in [-0.39, 0.29) is 0 Å². The van der Waals surface area contributed by atoms with Gasteiger partial charge in [0, 0.05) is 14.1 Å². The van der Waals surface area contributed by atoms with Crippen molar-refractivity contribution in [1.82, 2.24) is 19.7 Å². The average molecular weight is 268 g/mol. The quantitative estimate of drug-likeness (QED) is 0.924. The molecule has 0 aromatic carbocycles. The van der Waals surface area contributed by atoms with Gasteiger partial charge in [-0.3, -0.25) is 4.68 Å². The van der Waals surface area contributed by atoms with E-state index in [4.69, 9.17) is 16.3 Å².